The van der Waals surface area contributed by atoms with Gasteiger partial charge in [0.05, 0.1) is 6.26 Å². The summed E-state index contributed by atoms with van der Waals surface area (Å²) < 4.78 is 5.16. The molecule has 1 aromatic heterocycles. The van der Waals surface area contributed by atoms with Gasteiger partial charge in [-0.05, 0) is 30.3 Å². The van der Waals surface area contributed by atoms with Gasteiger partial charge in [-0.15, -0.1) is 0 Å². The van der Waals surface area contributed by atoms with Crippen LogP contribution >= 0.6 is 11.6 Å². The molecule has 1 heterocycles. The molecule has 2 rings (SSSR count). The summed E-state index contributed by atoms with van der Waals surface area (Å²) in [6.45, 7) is 0. The molecule has 1 aromatic carbocycles. The summed E-state index contributed by atoms with van der Waals surface area (Å²) in [7, 11) is 0. The van der Waals surface area contributed by atoms with Crippen LogP contribution in [-0.2, 0) is 0 Å². The van der Waals surface area contributed by atoms with Crippen LogP contribution in [0.2, 0.25) is 5.02 Å². The third-order valence-corrected chi connectivity index (χ3v) is 1.83. The van der Waals surface area contributed by atoms with Crippen molar-refractivity contribution in [3.63, 3.8) is 0 Å². The summed E-state index contributed by atoms with van der Waals surface area (Å²) >= 11 is 5.73. The highest BCUT2D eigenvalue weighted by atomic mass is 35.5. The molecular weight excluding hydrogens is 172 g/mol. The molecule has 0 spiro atoms. The van der Waals surface area contributed by atoms with Crippen molar-refractivity contribution in [3.05, 3.63) is 47.7 Å². The molecule has 0 saturated carbocycles. The van der Waals surface area contributed by atoms with Gasteiger partial charge in [-0.2, -0.15) is 0 Å². The maximum absolute atomic E-state index is 5.73. The first-order valence-corrected chi connectivity index (χ1v) is 3.95. The number of benzene rings is 1. The van der Waals surface area contributed by atoms with E-state index in [2.05, 4.69) is 6.07 Å². The molecule has 2 heteroatoms. The predicted molar refractivity (Wildman–Crippen MR) is 48.0 cm³/mol. The summed E-state index contributed by atoms with van der Waals surface area (Å²) in [4.78, 5) is 0. The molecule has 0 aliphatic heterocycles. The average molecular weight is 178 g/mol. The third kappa shape index (κ3) is 1.36. The van der Waals surface area contributed by atoms with E-state index in [1.165, 1.54) is 0 Å². The van der Waals surface area contributed by atoms with Gasteiger partial charge in [0.2, 0.25) is 0 Å². The molecule has 0 fully saturated rings. The molecule has 0 bridgehead atoms. The Kier molecular flexibility index (Phi) is 1.88. The van der Waals surface area contributed by atoms with E-state index in [1.54, 1.807) is 12.3 Å². The molecule has 0 aliphatic rings. The zero-order valence-electron chi connectivity index (χ0n) is 6.25. The summed E-state index contributed by atoms with van der Waals surface area (Å²) in [5.41, 5.74) is 0.990. The molecule has 0 N–H and O–H groups in total. The zero-order valence-corrected chi connectivity index (χ0v) is 7.01. The highest BCUT2D eigenvalue weighted by molar-refractivity contribution is 6.30. The van der Waals surface area contributed by atoms with Gasteiger partial charge in [0.15, 0.2) is 0 Å². The van der Waals surface area contributed by atoms with Crippen molar-refractivity contribution in [2.75, 3.05) is 0 Å². The molecule has 0 amide bonds. The van der Waals surface area contributed by atoms with Crippen LogP contribution in [0.15, 0.2) is 41.0 Å². The molecule has 0 aliphatic carbocycles. The maximum atomic E-state index is 5.73. The number of rotatable bonds is 1. The Morgan fingerprint density at radius 1 is 1.17 bits per heavy atom. The second-order valence-electron chi connectivity index (χ2n) is 2.40. The highest BCUT2D eigenvalue weighted by Gasteiger charge is 1.98. The van der Waals surface area contributed by atoms with Crippen molar-refractivity contribution >= 4 is 11.6 Å². The van der Waals surface area contributed by atoms with E-state index in [9.17, 15) is 0 Å². The fourth-order valence-electron chi connectivity index (χ4n) is 0.998. The first-order valence-electron chi connectivity index (χ1n) is 3.57. The molecule has 2 aromatic rings. The molecule has 12 heavy (non-hydrogen) atoms. The zero-order chi connectivity index (χ0) is 8.39. The van der Waals surface area contributed by atoms with E-state index in [0.717, 1.165) is 16.3 Å². The van der Waals surface area contributed by atoms with Crippen molar-refractivity contribution in [1.82, 2.24) is 0 Å². The van der Waals surface area contributed by atoms with Gasteiger partial charge in [0.1, 0.15) is 5.76 Å². The normalized spacial score (nSPS) is 10.1. The number of halogens is 1. The average Bonchev–Trinajstić information content (AvgIpc) is 2.58. The molecular formula is C10H6ClO. The van der Waals surface area contributed by atoms with Crippen LogP contribution in [0.25, 0.3) is 11.3 Å². The first kappa shape index (κ1) is 7.44. The lowest BCUT2D eigenvalue weighted by atomic mass is 10.2. The lowest BCUT2D eigenvalue weighted by Crippen LogP contribution is -1.71. The molecule has 59 valence electrons. The quantitative estimate of drug-likeness (QED) is 0.651. The smallest absolute Gasteiger partial charge is 0.141 e. The standard InChI is InChI=1S/C10H6ClO/c11-9-5-3-8(4-6-9)10-2-1-7-12-10/h1,3-7H. The Morgan fingerprint density at radius 2 is 1.92 bits per heavy atom. The van der Waals surface area contributed by atoms with E-state index in [1.807, 2.05) is 24.3 Å². The van der Waals surface area contributed by atoms with Crippen LogP contribution in [0, 0.1) is 6.07 Å². The molecule has 0 atom stereocenters. The number of furan rings is 1. The van der Waals surface area contributed by atoms with Crippen LogP contribution in [0.3, 0.4) is 0 Å². The van der Waals surface area contributed by atoms with Crippen molar-refractivity contribution in [3.8, 4) is 11.3 Å². The SMILES string of the molecule is Clc1ccc(-c2[c]cco2)cc1. The van der Waals surface area contributed by atoms with Gasteiger partial charge in [-0.25, -0.2) is 0 Å². The van der Waals surface area contributed by atoms with Crippen LogP contribution in [0.1, 0.15) is 0 Å². The molecule has 0 saturated heterocycles. The fraction of sp³-hybridized carbons (Fsp3) is 0. The van der Waals surface area contributed by atoms with Gasteiger partial charge >= 0.3 is 0 Å². The Bertz CT molecular complexity index is 348. The minimum Gasteiger partial charge on any atom is -0.464 e. The minimum absolute atomic E-state index is 0.727. The first-order chi connectivity index (χ1) is 5.86. The van der Waals surface area contributed by atoms with Gasteiger partial charge in [0, 0.05) is 16.7 Å². The summed E-state index contributed by atoms with van der Waals surface area (Å²) in [5.74, 6) is 0.742. The highest BCUT2D eigenvalue weighted by Crippen LogP contribution is 2.20. The van der Waals surface area contributed by atoms with E-state index < -0.39 is 0 Å². The van der Waals surface area contributed by atoms with Gasteiger partial charge in [-0.3, -0.25) is 0 Å². The van der Waals surface area contributed by atoms with Crippen LogP contribution in [0.5, 0.6) is 0 Å². The second kappa shape index (κ2) is 3.03. The Morgan fingerprint density at radius 3 is 2.50 bits per heavy atom. The monoisotopic (exact) mass is 177 g/mol. The van der Waals surface area contributed by atoms with Crippen molar-refractivity contribution in [1.29, 1.82) is 0 Å². The number of hydrogen-bond donors (Lipinski definition) is 0. The van der Waals surface area contributed by atoms with E-state index in [4.69, 9.17) is 16.0 Å². The minimum atomic E-state index is 0.727. The summed E-state index contributed by atoms with van der Waals surface area (Å²) in [6.07, 6.45) is 1.60. The summed E-state index contributed by atoms with van der Waals surface area (Å²) in [6, 6.07) is 12.2. The maximum Gasteiger partial charge on any atom is 0.141 e. The Labute approximate surface area is 75.6 Å². The third-order valence-electron chi connectivity index (χ3n) is 1.57. The lowest BCUT2D eigenvalue weighted by Gasteiger charge is -1.94. The van der Waals surface area contributed by atoms with Gasteiger partial charge in [-0.1, -0.05) is 11.6 Å². The van der Waals surface area contributed by atoms with E-state index in [-0.39, 0.29) is 0 Å². The predicted octanol–water partition coefficient (Wildman–Crippen LogP) is 3.40. The largest absolute Gasteiger partial charge is 0.464 e. The van der Waals surface area contributed by atoms with Crippen molar-refractivity contribution < 1.29 is 4.42 Å². The number of hydrogen-bond acceptors (Lipinski definition) is 1. The fourth-order valence-corrected chi connectivity index (χ4v) is 1.12. The summed E-state index contributed by atoms with van der Waals surface area (Å²) in [5, 5.41) is 0.727. The van der Waals surface area contributed by atoms with Crippen molar-refractivity contribution in [2.24, 2.45) is 0 Å². The van der Waals surface area contributed by atoms with E-state index in [0.29, 0.717) is 0 Å². The molecule has 1 radical (unpaired) electrons. The Hall–Kier alpha value is -1.21. The Balaban J connectivity index is 2.43. The lowest BCUT2D eigenvalue weighted by molar-refractivity contribution is 0.582. The van der Waals surface area contributed by atoms with Gasteiger partial charge < -0.3 is 4.42 Å². The second-order valence-corrected chi connectivity index (χ2v) is 2.84. The van der Waals surface area contributed by atoms with E-state index >= 15 is 0 Å². The van der Waals surface area contributed by atoms with Crippen LogP contribution in [-0.4, -0.2) is 0 Å². The van der Waals surface area contributed by atoms with Crippen molar-refractivity contribution in [2.45, 2.75) is 0 Å². The molecule has 1 nitrogen and oxygen atoms in total. The van der Waals surface area contributed by atoms with Gasteiger partial charge in [0.25, 0.3) is 0 Å². The van der Waals surface area contributed by atoms with Crippen LogP contribution in [0.4, 0.5) is 0 Å². The molecule has 0 unspecified atom stereocenters. The van der Waals surface area contributed by atoms with Crippen LogP contribution < -0.4 is 0 Å². The topological polar surface area (TPSA) is 13.1 Å².